The van der Waals surface area contributed by atoms with Gasteiger partial charge in [-0.1, -0.05) is 168 Å². The van der Waals surface area contributed by atoms with Crippen molar-refractivity contribution in [2.24, 2.45) is 0 Å². The topological polar surface area (TPSA) is 224 Å². The maximum Gasteiger partial charge on any atom is 0.229 e. The lowest BCUT2D eigenvalue weighted by molar-refractivity contribution is 0.740. The van der Waals surface area contributed by atoms with E-state index in [1.807, 2.05) is 36.4 Å². The largest absolute Gasteiger partial charge is 0.354 e. The molecule has 0 fully saturated rings. The van der Waals surface area contributed by atoms with Crippen LogP contribution in [0.5, 0.6) is 0 Å². The van der Waals surface area contributed by atoms with Crippen molar-refractivity contribution in [3.05, 3.63) is 143 Å². The fraction of sp³-hybridized carbons (Fsp3) is 0.389. The van der Waals surface area contributed by atoms with Crippen LogP contribution in [0.15, 0.2) is 109 Å². The molecule has 7 aromatic rings. The predicted octanol–water partition coefficient (Wildman–Crippen LogP) is 10.7. The second-order valence-corrected chi connectivity index (χ2v) is 17.6. The third-order valence-corrected chi connectivity index (χ3v) is 11.5. The van der Waals surface area contributed by atoms with Crippen LogP contribution in [0.4, 0.5) is 53.5 Å². The number of anilines is 9. The maximum absolute atomic E-state index is 4.79. The highest BCUT2D eigenvalue weighted by Crippen LogP contribution is 2.18. The first-order valence-electron chi connectivity index (χ1n) is 25.7. The second kappa shape index (κ2) is 29.3. The van der Waals surface area contributed by atoms with E-state index in [2.05, 4.69) is 151 Å². The van der Waals surface area contributed by atoms with E-state index in [4.69, 9.17) is 34.9 Å². The summed E-state index contributed by atoms with van der Waals surface area (Å²) in [6.07, 6.45) is 9.94. The summed E-state index contributed by atoms with van der Waals surface area (Å²) in [5.41, 5.74) is 6.59. The molecule has 0 unspecified atom stereocenters. The minimum Gasteiger partial charge on any atom is -0.354 e. The molecule has 0 saturated heterocycles. The molecular formula is C54H72N18. The summed E-state index contributed by atoms with van der Waals surface area (Å²) in [5, 5.41) is 30.7. The first-order chi connectivity index (χ1) is 35.5. The van der Waals surface area contributed by atoms with Crippen molar-refractivity contribution in [2.45, 2.75) is 118 Å². The Bertz CT molecular complexity index is 2480. The minimum absolute atomic E-state index is 0.473. The molecule has 18 heteroatoms. The van der Waals surface area contributed by atoms with E-state index < -0.39 is 0 Å². The molecule has 0 radical (unpaired) electrons. The summed E-state index contributed by atoms with van der Waals surface area (Å²) in [6.45, 7) is 12.2. The molecule has 0 aliphatic carbocycles. The van der Waals surface area contributed by atoms with Gasteiger partial charge in [0.2, 0.25) is 53.5 Å². The lowest BCUT2D eigenvalue weighted by atomic mass is 10.1. The van der Waals surface area contributed by atoms with Gasteiger partial charge in [0, 0.05) is 58.9 Å². The lowest BCUT2D eigenvalue weighted by Gasteiger charge is -2.13. The van der Waals surface area contributed by atoms with Crippen molar-refractivity contribution >= 4 is 53.5 Å². The Morgan fingerprint density at radius 1 is 0.250 bits per heavy atom. The summed E-state index contributed by atoms with van der Waals surface area (Å²) < 4.78 is 0. The van der Waals surface area contributed by atoms with Gasteiger partial charge in [0.1, 0.15) is 0 Å². The average Bonchev–Trinajstić information content (AvgIpc) is 3.42. The molecule has 0 atom stereocenters. The predicted molar refractivity (Wildman–Crippen MR) is 293 cm³/mol. The zero-order chi connectivity index (χ0) is 49.8. The van der Waals surface area contributed by atoms with Crippen molar-refractivity contribution in [3.63, 3.8) is 0 Å². The molecule has 0 amide bonds. The Morgan fingerprint density at radius 2 is 0.472 bits per heavy atom. The van der Waals surface area contributed by atoms with Gasteiger partial charge in [-0.15, -0.1) is 0 Å². The molecule has 7 rings (SSSR count). The van der Waals surface area contributed by atoms with Gasteiger partial charge in [-0.3, -0.25) is 0 Å². The molecule has 3 aromatic heterocycles. The molecule has 0 spiro atoms. The molecule has 72 heavy (non-hydrogen) atoms. The number of benzene rings is 4. The Morgan fingerprint density at radius 3 is 0.722 bits per heavy atom. The van der Waals surface area contributed by atoms with E-state index in [-0.39, 0.29) is 0 Å². The van der Waals surface area contributed by atoms with Gasteiger partial charge in [-0.2, -0.15) is 44.9 Å². The van der Waals surface area contributed by atoms with Crippen LogP contribution >= 0.6 is 0 Å². The number of hydrogen-bond donors (Lipinski definition) is 9. The third-order valence-electron chi connectivity index (χ3n) is 11.5. The normalized spacial score (nSPS) is 10.9. The Balaban J connectivity index is 0.965. The van der Waals surface area contributed by atoms with Crippen LogP contribution in [0.3, 0.4) is 0 Å². The van der Waals surface area contributed by atoms with Crippen LogP contribution in [0.25, 0.3) is 0 Å². The number of rotatable bonds is 33. The van der Waals surface area contributed by atoms with Crippen molar-refractivity contribution in [2.75, 3.05) is 67.5 Å². The fourth-order valence-corrected chi connectivity index (χ4v) is 7.54. The first-order valence-corrected chi connectivity index (χ1v) is 25.7. The zero-order valence-corrected chi connectivity index (χ0v) is 42.1. The quantitative estimate of drug-likeness (QED) is 0.0175. The van der Waals surface area contributed by atoms with Crippen LogP contribution in [-0.4, -0.2) is 64.5 Å². The summed E-state index contributed by atoms with van der Waals surface area (Å²) >= 11 is 0. The summed E-state index contributed by atoms with van der Waals surface area (Å²) in [7, 11) is 0. The minimum atomic E-state index is 0.473. The lowest BCUT2D eigenvalue weighted by Crippen LogP contribution is -2.14. The number of nitrogens with zero attached hydrogens (tertiary/aromatic N) is 9. The second-order valence-electron chi connectivity index (χ2n) is 17.6. The number of unbranched alkanes of at least 4 members (excludes halogenated alkanes) is 6. The molecule has 18 nitrogen and oxygen atoms in total. The van der Waals surface area contributed by atoms with Crippen molar-refractivity contribution in [1.82, 2.24) is 44.9 Å². The van der Waals surface area contributed by atoms with Crippen LogP contribution in [0.2, 0.25) is 0 Å². The SMILES string of the molecule is CCCCCNc1nc(NCc2ccccc2)nc(NCc2cccc(CNc3nc(NCCCCC)nc(NCc4cccc(CNc5nc(NCCCCC)nc(NCc6ccccc6)n5)c4)n3)c2)n1. The molecule has 9 N–H and O–H groups in total. The van der Waals surface area contributed by atoms with Gasteiger partial charge in [0.25, 0.3) is 0 Å². The van der Waals surface area contributed by atoms with E-state index in [0.29, 0.717) is 92.8 Å². The highest BCUT2D eigenvalue weighted by molar-refractivity contribution is 5.46. The Kier molecular flexibility index (Phi) is 21.2. The fourth-order valence-electron chi connectivity index (χ4n) is 7.54. The molecule has 0 saturated carbocycles. The van der Waals surface area contributed by atoms with Crippen LogP contribution in [0.1, 0.15) is 112 Å². The summed E-state index contributed by atoms with van der Waals surface area (Å²) in [6, 6.07) is 37.2. The maximum atomic E-state index is 4.79. The third kappa shape index (κ3) is 18.5. The van der Waals surface area contributed by atoms with Crippen LogP contribution < -0.4 is 47.9 Å². The number of nitrogens with one attached hydrogen (secondary N) is 9. The molecule has 0 aliphatic heterocycles. The van der Waals surface area contributed by atoms with E-state index in [9.17, 15) is 0 Å². The van der Waals surface area contributed by atoms with Crippen molar-refractivity contribution < 1.29 is 0 Å². The number of aromatic nitrogens is 9. The van der Waals surface area contributed by atoms with Gasteiger partial charge < -0.3 is 47.9 Å². The number of hydrogen-bond acceptors (Lipinski definition) is 18. The van der Waals surface area contributed by atoms with Gasteiger partial charge >= 0.3 is 0 Å². The highest BCUT2D eigenvalue weighted by Gasteiger charge is 2.12. The molecule has 0 bridgehead atoms. The molecule has 0 aliphatic rings. The van der Waals surface area contributed by atoms with E-state index in [0.717, 1.165) is 111 Å². The summed E-state index contributed by atoms with van der Waals surface area (Å²) in [4.78, 5) is 42.4. The molecule has 378 valence electrons. The van der Waals surface area contributed by atoms with Crippen LogP contribution in [0, 0.1) is 0 Å². The molecule has 4 aromatic carbocycles. The van der Waals surface area contributed by atoms with Gasteiger partial charge in [-0.25, -0.2) is 0 Å². The average molecular weight is 973 g/mol. The Labute approximate surface area is 424 Å². The van der Waals surface area contributed by atoms with Gasteiger partial charge in [0.15, 0.2) is 0 Å². The van der Waals surface area contributed by atoms with E-state index in [1.54, 1.807) is 0 Å². The smallest absolute Gasteiger partial charge is 0.229 e. The molecule has 3 heterocycles. The standard InChI is InChI=1S/C54H72N18/c1-4-7-16-29-55-46-64-49(58-34-40-21-12-10-13-22-40)70-51(66-46)60-36-42-25-19-27-44(32-42)38-62-53-68-48(57-31-18-9-6-3)69-54(72-53)63-39-45-28-20-26-43(33-45)37-61-52-67-47(56-30-17-8-5-2)65-50(71-52)59-35-41-23-14-11-15-24-41/h10-15,19-28,32-33H,4-9,16-18,29-31,34-39H2,1-3H3,(H3,55,58,60,64,66,70)(H3,56,59,61,65,67,71)(H3,57,62,63,68,69,72). The zero-order valence-electron chi connectivity index (χ0n) is 42.1. The van der Waals surface area contributed by atoms with E-state index >= 15 is 0 Å². The van der Waals surface area contributed by atoms with Gasteiger partial charge in [0.05, 0.1) is 0 Å². The van der Waals surface area contributed by atoms with Gasteiger partial charge in [-0.05, 0) is 52.6 Å². The van der Waals surface area contributed by atoms with Crippen molar-refractivity contribution in [1.29, 1.82) is 0 Å². The molecular weight excluding hydrogens is 901 g/mol. The van der Waals surface area contributed by atoms with Crippen LogP contribution in [-0.2, 0) is 39.3 Å². The highest BCUT2D eigenvalue weighted by atomic mass is 15.3. The summed E-state index contributed by atoms with van der Waals surface area (Å²) in [5.74, 6) is 4.57. The van der Waals surface area contributed by atoms with Crippen molar-refractivity contribution in [3.8, 4) is 0 Å². The first kappa shape index (κ1) is 51.9. The Hall–Kier alpha value is -7.89. The van der Waals surface area contributed by atoms with E-state index in [1.165, 1.54) is 0 Å². The monoisotopic (exact) mass is 973 g/mol.